The highest BCUT2D eigenvalue weighted by Gasteiger charge is 2.15. The standard InChI is InChI=1S/C24H19N7O/c1-14-8-9-15(16-5-2-3-6-17(16)22(25)32)11-19(14)31-23-18(7-4-10-26-23)20-21-24(29-12-27-20)30-13-28-21/h2-13H,1H3,(H2,25,32)(H,26,31)(H,27,28,29,30). The fourth-order valence-corrected chi connectivity index (χ4v) is 3.67. The van der Waals surface area contributed by atoms with Crippen molar-refractivity contribution < 1.29 is 4.79 Å². The number of carbonyl (C=O) groups excluding carboxylic acids is 1. The number of nitrogens with zero attached hydrogens (tertiary/aromatic N) is 4. The molecule has 0 saturated heterocycles. The number of hydrogen-bond acceptors (Lipinski definition) is 6. The van der Waals surface area contributed by atoms with Crippen molar-refractivity contribution in [2.45, 2.75) is 6.92 Å². The molecule has 156 valence electrons. The number of nitrogens with one attached hydrogen (secondary N) is 2. The molecule has 8 nitrogen and oxygen atoms in total. The largest absolute Gasteiger partial charge is 0.366 e. The first kappa shape index (κ1) is 19.4. The van der Waals surface area contributed by atoms with Crippen LogP contribution < -0.4 is 11.1 Å². The summed E-state index contributed by atoms with van der Waals surface area (Å²) in [5, 5.41) is 3.43. The van der Waals surface area contributed by atoms with Gasteiger partial charge in [0.2, 0.25) is 5.91 Å². The number of H-pyrrole nitrogens is 1. The number of anilines is 2. The SMILES string of the molecule is Cc1ccc(-c2ccccc2C(N)=O)cc1Nc1ncccc1-c1ncnc2nc[nH]c12. The molecule has 2 aromatic carbocycles. The number of benzene rings is 2. The molecule has 0 aliphatic carbocycles. The van der Waals surface area contributed by atoms with Crippen LogP contribution in [0.3, 0.4) is 0 Å². The smallest absolute Gasteiger partial charge is 0.249 e. The Morgan fingerprint density at radius 3 is 2.69 bits per heavy atom. The maximum Gasteiger partial charge on any atom is 0.249 e. The van der Waals surface area contributed by atoms with Gasteiger partial charge in [-0.05, 0) is 47.9 Å². The average Bonchev–Trinajstić information content (AvgIpc) is 3.30. The van der Waals surface area contributed by atoms with E-state index >= 15 is 0 Å². The molecule has 8 heteroatoms. The third kappa shape index (κ3) is 3.43. The van der Waals surface area contributed by atoms with Crippen molar-refractivity contribution in [3.05, 3.63) is 84.6 Å². The maximum atomic E-state index is 11.9. The summed E-state index contributed by atoms with van der Waals surface area (Å²) in [5.74, 6) is 0.181. The number of aromatic amines is 1. The number of imidazole rings is 1. The predicted octanol–water partition coefficient (Wildman–Crippen LogP) is 4.23. The van der Waals surface area contributed by atoms with E-state index < -0.39 is 5.91 Å². The summed E-state index contributed by atoms with van der Waals surface area (Å²) >= 11 is 0. The Morgan fingerprint density at radius 1 is 0.969 bits per heavy atom. The molecule has 0 aliphatic heterocycles. The van der Waals surface area contributed by atoms with Gasteiger partial charge in [0.25, 0.3) is 0 Å². The van der Waals surface area contributed by atoms with Gasteiger partial charge >= 0.3 is 0 Å². The Morgan fingerprint density at radius 2 is 1.81 bits per heavy atom. The van der Waals surface area contributed by atoms with E-state index in [0.29, 0.717) is 22.7 Å². The van der Waals surface area contributed by atoms with Crippen LogP contribution in [0.25, 0.3) is 33.5 Å². The van der Waals surface area contributed by atoms with Gasteiger partial charge in [-0.25, -0.2) is 19.9 Å². The molecule has 0 aliphatic rings. The van der Waals surface area contributed by atoms with Gasteiger partial charge in [0.15, 0.2) is 5.65 Å². The number of amides is 1. The minimum atomic E-state index is -0.463. The lowest BCUT2D eigenvalue weighted by Gasteiger charge is -2.15. The Hall–Kier alpha value is -4.59. The van der Waals surface area contributed by atoms with Crippen LogP contribution in [0.1, 0.15) is 15.9 Å². The Bertz CT molecular complexity index is 1460. The molecule has 3 aromatic heterocycles. The van der Waals surface area contributed by atoms with Crippen molar-refractivity contribution in [1.82, 2.24) is 24.9 Å². The fourth-order valence-electron chi connectivity index (χ4n) is 3.67. The highest BCUT2D eigenvalue weighted by atomic mass is 16.1. The summed E-state index contributed by atoms with van der Waals surface area (Å²) in [6, 6.07) is 17.1. The number of rotatable bonds is 5. The topological polar surface area (TPSA) is 122 Å². The first-order valence-electron chi connectivity index (χ1n) is 9.98. The van der Waals surface area contributed by atoms with Crippen molar-refractivity contribution in [2.24, 2.45) is 5.73 Å². The van der Waals surface area contributed by atoms with Crippen molar-refractivity contribution in [3.63, 3.8) is 0 Å². The molecule has 0 fully saturated rings. The summed E-state index contributed by atoms with van der Waals surface area (Å²) in [5.41, 5.74) is 12.4. The predicted molar refractivity (Wildman–Crippen MR) is 123 cm³/mol. The molecule has 0 unspecified atom stereocenters. The van der Waals surface area contributed by atoms with Gasteiger partial charge in [0.1, 0.15) is 23.4 Å². The highest BCUT2D eigenvalue weighted by Crippen LogP contribution is 2.33. The zero-order valence-electron chi connectivity index (χ0n) is 17.2. The average molecular weight is 421 g/mol. The lowest BCUT2D eigenvalue weighted by atomic mass is 9.97. The van der Waals surface area contributed by atoms with Crippen LogP contribution in [0.4, 0.5) is 11.5 Å². The molecule has 3 heterocycles. The molecule has 0 saturated carbocycles. The number of hydrogen-bond donors (Lipinski definition) is 3. The fraction of sp³-hybridized carbons (Fsp3) is 0.0417. The molecule has 0 atom stereocenters. The minimum absolute atomic E-state index is 0.463. The van der Waals surface area contributed by atoms with Crippen LogP contribution in [-0.4, -0.2) is 30.8 Å². The van der Waals surface area contributed by atoms with Crippen LogP contribution in [-0.2, 0) is 0 Å². The summed E-state index contributed by atoms with van der Waals surface area (Å²) in [6.07, 6.45) is 4.80. The second kappa shape index (κ2) is 7.92. The third-order valence-electron chi connectivity index (χ3n) is 5.28. The number of carbonyl (C=O) groups is 1. The van der Waals surface area contributed by atoms with Gasteiger partial charge in [0.05, 0.1) is 6.33 Å². The van der Waals surface area contributed by atoms with E-state index in [2.05, 4.69) is 30.2 Å². The lowest BCUT2D eigenvalue weighted by molar-refractivity contribution is 0.100. The van der Waals surface area contributed by atoms with Crippen LogP contribution in [0.5, 0.6) is 0 Å². The van der Waals surface area contributed by atoms with Gasteiger partial charge in [-0.1, -0.05) is 30.3 Å². The van der Waals surface area contributed by atoms with Gasteiger partial charge in [-0.2, -0.15) is 0 Å². The summed E-state index contributed by atoms with van der Waals surface area (Å²) in [4.78, 5) is 32.4. The van der Waals surface area contributed by atoms with Gasteiger partial charge in [0, 0.05) is 23.0 Å². The zero-order valence-corrected chi connectivity index (χ0v) is 17.2. The molecular weight excluding hydrogens is 402 g/mol. The van der Waals surface area contributed by atoms with Crippen LogP contribution >= 0.6 is 0 Å². The Kier molecular flexibility index (Phi) is 4.79. The van der Waals surface area contributed by atoms with E-state index in [1.807, 2.05) is 49.4 Å². The molecule has 5 rings (SSSR count). The highest BCUT2D eigenvalue weighted by molar-refractivity contribution is 6.00. The number of fused-ring (bicyclic) bond motifs is 1. The molecule has 5 aromatic rings. The van der Waals surface area contributed by atoms with Crippen molar-refractivity contribution in [3.8, 4) is 22.4 Å². The first-order valence-corrected chi connectivity index (χ1v) is 9.98. The molecule has 1 amide bonds. The van der Waals surface area contributed by atoms with Gasteiger partial charge in [-0.3, -0.25) is 4.79 Å². The third-order valence-corrected chi connectivity index (χ3v) is 5.28. The summed E-state index contributed by atoms with van der Waals surface area (Å²) in [6.45, 7) is 2.01. The minimum Gasteiger partial charge on any atom is -0.366 e. The molecule has 0 radical (unpaired) electrons. The monoisotopic (exact) mass is 421 g/mol. The number of aryl methyl sites for hydroxylation is 1. The van der Waals surface area contributed by atoms with E-state index in [0.717, 1.165) is 33.5 Å². The van der Waals surface area contributed by atoms with Gasteiger partial charge < -0.3 is 16.0 Å². The molecule has 0 bridgehead atoms. The Labute approximate surface area is 183 Å². The zero-order chi connectivity index (χ0) is 22.1. The summed E-state index contributed by atoms with van der Waals surface area (Å²) < 4.78 is 0. The van der Waals surface area contributed by atoms with Crippen LogP contribution in [0.15, 0.2) is 73.4 Å². The van der Waals surface area contributed by atoms with Crippen molar-refractivity contribution in [2.75, 3.05) is 5.32 Å². The van der Waals surface area contributed by atoms with E-state index in [1.165, 1.54) is 6.33 Å². The van der Waals surface area contributed by atoms with Crippen LogP contribution in [0.2, 0.25) is 0 Å². The Balaban J connectivity index is 1.59. The van der Waals surface area contributed by atoms with Crippen LogP contribution in [0, 0.1) is 6.92 Å². The molecule has 0 spiro atoms. The van der Waals surface area contributed by atoms with E-state index in [-0.39, 0.29) is 0 Å². The van der Waals surface area contributed by atoms with Gasteiger partial charge in [-0.15, -0.1) is 0 Å². The van der Waals surface area contributed by atoms with Crippen molar-refractivity contribution in [1.29, 1.82) is 0 Å². The number of pyridine rings is 1. The van der Waals surface area contributed by atoms with E-state index in [1.54, 1.807) is 24.7 Å². The van der Waals surface area contributed by atoms with E-state index in [9.17, 15) is 4.79 Å². The number of primary amides is 1. The second-order valence-electron chi connectivity index (χ2n) is 7.29. The number of nitrogens with two attached hydrogens (primary N) is 1. The lowest BCUT2D eigenvalue weighted by Crippen LogP contribution is -2.12. The maximum absolute atomic E-state index is 11.9. The molecule has 32 heavy (non-hydrogen) atoms. The summed E-state index contributed by atoms with van der Waals surface area (Å²) in [7, 11) is 0. The molecule has 4 N–H and O–H groups in total. The second-order valence-corrected chi connectivity index (χ2v) is 7.29. The molecular formula is C24H19N7O. The quantitative estimate of drug-likeness (QED) is 0.390. The van der Waals surface area contributed by atoms with E-state index in [4.69, 9.17) is 5.73 Å². The normalized spacial score (nSPS) is 10.9. The first-order chi connectivity index (χ1) is 15.6. The van der Waals surface area contributed by atoms with Crippen molar-refractivity contribution >= 4 is 28.6 Å². The number of aromatic nitrogens is 5.